The first-order valence-corrected chi connectivity index (χ1v) is 13.0. The Hall–Kier alpha value is -3.41. The number of aromatic nitrogens is 2. The first kappa shape index (κ1) is 26.2. The van der Waals surface area contributed by atoms with Gasteiger partial charge >= 0.3 is 5.92 Å². The Balaban J connectivity index is 1.36. The summed E-state index contributed by atoms with van der Waals surface area (Å²) in [6, 6.07) is 3.95. The van der Waals surface area contributed by atoms with E-state index in [1.54, 1.807) is 0 Å². The summed E-state index contributed by atoms with van der Waals surface area (Å²) in [6.07, 6.45) is 6.23. The predicted molar refractivity (Wildman–Crippen MR) is 138 cm³/mol. The van der Waals surface area contributed by atoms with Crippen LogP contribution in [0.25, 0.3) is 0 Å². The van der Waals surface area contributed by atoms with Crippen molar-refractivity contribution in [1.29, 1.82) is 0 Å². The normalized spacial score (nSPS) is 20.8. The lowest BCUT2D eigenvalue weighted by atomic mass is 10.0. The van der Waals surface area contributed by atoms with Crippen LogP contribution in [-0.4, -0.2) is 78.4 Å². The highest BCUT2D eigenvalue weighted by Gasteiger charge is 2.48. The van der Waals surface area contributed by atoms with Gasteiger partial charge in [0.25, 0.3) is 11.8 Å². The Bertz CT molecular complexity index is 1210. The molecule has 12 heteroatoms. The van der Waals surface area contributed by atoms with Crippen molar-refractivity contribution >= 4 is 35.0 Å². The van der Waals surface area contributed by atoms with Crippen LogP contribution in [0.1, 0.15) is 48.9 Å². The molecule has 0 atom stereocenters. The van der Waals surface area contributed by atoms with Gasteiger partial charge in [0.2, 0.25) is 5.95 Å². The molecule has 2 amide bonds. The average Bonchev–Trinajstić information content (AvgIpc) is 3.41. The van der Waals surface area contributed by atoms with Crippen LogP contribution < -0.4 is 20.4 Å². The fraction of sp³-hybridized carbons (Fsp3) is 0.538. The minimum Gasteiger partial charge on any atom is -0.349 e. The van der Waals surface area contributed by atoms with E-state index in [1.807, 2.05) is 7.05 Å². The molecule has 0 unspecified atom stereocenters. The number of alkyl halides is 2. The second kappa shape index (κ2) is 10.4. The Morgan fingerprint density at radius 3 is 2.50 bits per heavy atom. The minimum absolute atomic E-state index is 0.000221. The number of fused-ring (bicyclic) bond motifs is 1. The molecule has 5 rings (SSSR count). The number of rotatable bonds is 5. The van der Waals surface area contributed by atoms with Gasteiger partial charge in [0, 0.05) is 24.7 Å². The second-order valence-corrected chi connectivity index (χ2v) is 10.4. The Kier molecular flexibility index (Phi) is 7.17. The SMILES string of the molecule is CN1CCC(NC(=O)c2ccc(Nc3ncc4c(n3)N(C3CCCC3)CC(F)(F)C(=O)N4C)c(F)c2)CC1. The number of piperidine rings is 1. The van der Waals surface area contributed by atoms with E-state index in [0.717, 1.165) is 62.6 Å². The fourth-order valence-electron chi connectivity index (χ4n) is 5.40. The monoisotopic (exact) mass is 531 g/mol. The Morgan fingerprint density at radius 1 is 1.11 bits per heavy atom. The van der Waals surface area contributed by atoms with Crippen molar-refractivity contribution in [3.8, 4) is 0 Å². The van der Waals surface area contributed by atoms with E-state index in [0.29, 0.717) is 0 Å². The molecule has 1 aromatic heterocycles. The molecule has 3 heterocycles. The van der Waals surface area contributed by atoms with E-state index in [2.05, 4.69) is 25.5 Å². The second-order valence-electron chi connectivity index (χ2n) is 10.4. The molecule has 1 saturated carbocycles. The van der Waals surface area contributed by atoms with E-state index in [9.17, 15) is 18.4 Å². The maximum Gasteiger partial charge on any atom is 0.342 e. The van der Waals surface area contributed by atoms with Crippen LogP contribution in [0.15, 0.2) is 24.4 Å². The molecule has 3 aliphatic rings. The van der Waals surface area contributed by atoms with Crippen LogP contribution in [-0.2, 0) is 4.79 Å². The number of halogens is 3. The van der Waals surface area contributed by atoms with Crippen molar-refractivity contribution in [3.05, 3.63) is 35.8 Å². The summed E-state index contributed by atoms with van der Waals surface area (Å²) in [5.74, 6) is -5.71. The summed E-state index contributed by atoms with van der Waals surface area (Å²) in [4.78, 5) is 38.3. The van der Waals surface area contributed by atoms with Gasteiger partial charge in [0.05, 0.1) is 18.4 Å². The predicted octanol–water partition coefficient (Wildman–Crippen LogP) is 3.54. The van der Waals surface area contributed by atoms with Crippen molar-refractivity contribution in [3.63, 3.8) is 0 Å². The van der Waals surface area contributed by atoms with Crippen molar-refractivity contribution in [2.24, 2.45) is 0 Å². The van der Waals surface area contributed by atoms with Crippen LogP contribution in [0.2, 0.25) is 0 Å². The number of hydrogen-bond acceptors (Lipinski definition) is 7. The van der Waals surface area contributed by atoms with Crippen molar-refractivity contribution in [2.45, 2.75) is 56.5 Å². The maximum absolute atomic E-state index is 15.0. The lowest BCUT2D eigenvalue weighted by Crippen LogP contribution is -2.48. The highest BCUT2D eigenvalue weighted by Crippen LogP contribution is 2.39. The van der Waals surface area contributed by atoms with Crippen molar-refractivity contribution in [2.75, 3.05) is 48.8 Å². The van der Waals surface area contributed by atoms with E-state index in [1.165, 1.54) is 30.3 Å². The van der Waals surface area contributed by atoms with Gasteiger partial charge in [-0.2, -0.15) is 13.8 Å². The molecule has 2 fully saturated rings. The summed E-state index contributed by atoms with van der Waals surface area (Å²) >= 11 is 0. The molecule has 1 saturated heterocycles. The smallest absolute Gasteiger partial charge is 0.342 e. The fourth-order valence-corrected chi connectivity index (χ4v) is 5.40. The molecule has 2 aliphatic heterocycles. The average molecular weight is 532 g/mol. The van der Waals surface area contributed by atoms with Crippen molar-refractivity contribution in [1.82, 2.24) is 20.2 Å². The highest BCUT2D eigenvalue weighted by molar-refractivity contribution is 6.02. The van der Waals surface area contributed by atoms with Gasteiger partial charge in [0.1, 0.15) is 11.5 Å². The number of nitrogens with zero attached hydrogens (tertiary/aromatic N) is 5. The molecule has 9 nitrogen and oxygen atoms in total. The first-order chi connectivity index (χ1) is 18.1. The van der Waals surface area contributed by atoms with Gasteiger partial charge in [0.15, 0.2) is 5.82 Å². The Labute approximate surface area is 219 Å². The van der Waals surface area contributed by atoms with Crippen molar-refractivity contribution < 1.29 is 22.8 Å². The summed E-state index contributed by atoms with van der Waals surface area (Å²) in [5, 5.41) is 5.76. The quantitative estimate of drug-likeness (QED) is 0.610. The van der Waals surface area contributed by atoms with Crippen LogP contribution in [0, 0.1) is 5.82 Å². The van der Waals surface area contributed by atoms with Gasteiger partial charge in [-0.05, 0) is 64.0 Å². The standard InChI is InChI=1S/C26H32F3N7O2/c1-34-11-9-17(10-12-34)31-23(37)16-7-8-20(19(27)13-16)32-25-30-14-21-22(33-25)36(18-5-3-4-6-18)15-26(28,29)24(38)35(21)2/h7-8,13-14,17-18H,3-6,9-12,15H2,1-2H3,(H,31,37)(H,30,32,33). The van der Waals surface area contributed by atoms with Gasteiger partial charge in [-0.1, -0.05) is 12.8 Å². The zero-order valence-electron chi connectivity index (χ0n) is 21.5. The third-order valence-electron chi connectivity index (χ3n) is 7.67. The molecule has 204 valence electrons. The van der Waals surface area contributed by atoms with E-state index >= 15 is 4.39 Å². The molecule has 1 aromatic carbocycles. The summed E-state index contributed by atoms with van der Waals surface area (Å²) in [6.45, 7) is 1.01. The molecular formula is C26H32F3N7O2. The molecule has 2 aromatic rings. The third kappa shape index (κ3) is 5.27. The summed E-state index contributed by atoms with van der Waals surface area (Å²) < 4.78 is 44.5. The molecule has 0 bridgehead atoms. The van der Waals surface area contributed by atoms with Gasteiger partial charge in [-0.15, -0.1) is 0 Å². The number of anilines is 4. The lowest BCUT2D eigenvalue weighted by molar-refractivity contribution is -0.140. The topological polar surface area (TPSA) is 93.7 Å². The number of hydrogen-bond donors (Lipinski definition) is 2. The molecule has 0 spiro atoms. The molecule has 2 N–H and O–H groups in total. The van der Waals surface area contributed by atoms with Crippen LogP contribution in [0.4, 0.5) is 36.3 Å². The Morgan fingerprint density at radius 2 is 1.82 bits per heavy atom. The number of amides is 2. The summed E-state index contributed by atoms with van der Waals surface area (Å²) in [5.41, 5.74) is 0.409. The maximum atomic E-state index is 15.0. The first-order valence-electron chi connectivity index (χ1n) is 13.0. The minimum atomic E-state index is -3.58. The molecule has 0 radical (unpaired) electrons. The van der Waals surface area contributed by atoms with E-state index < -0.39 is 24.2 Å². The number of likely N-dealkylation sites (tertiary alicyclic amines) is 1. The number of carbonyl (C=O) groups excluding carboxylic acids is 2. The zero-order chi connectivity index (χ0) is 27.0. The summed E-state index contributed by atoms with van der Waals surface area (Å²) in [7, 11) is 3.31. The molecular weight excluding hydrogens is 499 g/mol. The van der Waals surface area contributed by atoms with Gasteiger partial charge in [-0.3, -0.25) is 9.59 Å². The van der Waals surface area contributed by atoms with Gasteiger partial charge in [-0.25, -0.2) is 9.37 Å². The highest BCUT2D eigenvalue weighted by atomic mass is 19.3. The molecule has 1 aliphatic carbocycles. The number of nitrogens with one attached hydrogen (secondary N) is 2. The van der Waals surface area contributed by atoms with Crippen LogP contribution >= 0.6 is 0 Å². The van der Waals surface area contributed by atoms with Gasteiger partial charge < -0.3 is 25.3 Å². The largest absolute Gasteiger partial charge is 0.349 e. The van der Waals surface area contributed by atoms with E-state index in [4.69, 9.17) is 0 Å². The number of carbonyl (C=O) groups is 2. The zero-order valence-corrected chi connectivity index (χ0v) is 21.5. The van der Waals surface area contributed by atoms with Crippen LogP contribution in [0.3, 0.4) is 0 Å². The lowest BCUT2D eigenvalue weighted by Gasteiger charge is -2.31. The molecule has 38 heavy (non-hydrogen) atoms. The van der Waals surface area contributed by atoms with E-state index in [-0.39, 0.29) is 46.7 Å². The third-order valence-corrected chi connectivity index (χ3v) is 7.67. The van der Waals surface area contributed by atoms with Crippen LogP contribution in [0.5, 0.6) is 0 Å². The number of benzene rings is 1.